The minimum absolute atomic E-state index is 0. The Hall–Kier alpha value is -3.99. The van der Waals surface area contributed by atoms with Gasteiger partial charge in [0.2, 0.25) is 0 Å². The molecular weight excluding hydrogens is 631 g/mol. The second-order valence-corrected chi connectivity index (χ2v) is 8.17. The molecule has 0 aliphatic heterocycles. The molecule has 36 heavy (non-hydrogen) atoms. The molecular formula is C30H22IrNO4-. The van der Waals surface area contributed by atoms with Crippen molar-refractivity contribution in [2.75, 3.05) is 0 Å². The van der Waals surface area contributed by atoms with Gasteiger partial charge in [-0.25, -0.2) is 0 Å². The van der Waals surface area contributed by atoms with E-state index in [0.29, 0.717) is 0 Å². The third-order valence-electron chi connectivity index (χ3n) is 5.47. The van der Waals surface area contributed by atoms with Crippen LogP contribution in [0.25, 0.3) is 55.5 Å². The van der Waals surface area contributed by atoms with E-state index in [2.05, 4.69) is 17.1 Å². The normalized spacial score (nSPS) is 11.2. The van der Waals surface area contributed by atoms with Gasteiger partial charge in [-0.15, -0.1) is 18.2 Å². The minimum Gasteiger partial charge on any atom is -0.512 e. The Balaban J connectivity index is 0.000000338. The third kappa shape index (κ3) is 5.15. The van der Waals surface area contributed by atoms with Crippen LogP contribution in [-0.2, 0) is 24.9 Å². The molecule has 6 aromatic rings. The Morgan fingerprint density at radius 3 is 2.39 bits per heavy atom. The van der Waals surface area contributed by atoms with Crippen LogP contribution in [0.1, 0.15) is 13.8 Å². The molecule has 0 aliphatic carbocycles. The molecule has 0 saturated heterocycles. The van der Waals surface area contributed by atoms with E-state index >= 15 is 0 Å². The number of carbonyl (C=O) groups is 1. The molecule has 0 aliphatic rings. The van der Waals surface area contributed by atoms with E-state index in [1.165, 1.54) is 19.9 Å². The molecule has 0 amide bonds. The summed E-state index contributed by atoms with van der Waals surface area (Å²) in [6, 6.07) is 29.3. The molecule has 0 atom stereocenters. The quantitative estimate of drug-likeness (QED) is 0.120. The number of para-hydroxylation sites is 1. The van der Waals surface area contributed by atoms with Crippen molar-refractivity contribution in [3.63, 3.8) is 0 Å². The predicted octanol–water partition coefficient (Wildman–Crippen LogP) is 7.90. The topological polar surface area (TPSA) is 76.5 Å². The first-order valence-electron chi connectivity index (χ1n) is 11.1. The van der Waals surface area contributed by atoms with Gasteiger partial charge in [0.15, 0.2) is 5.78 Å². The van der Waals surface area contributed by atoms with Gasteiger partial charge < -0.3 is 18.9 Å². The number of nitrogens with zero attached hydrogens (tertiary/aromatic N) is 1. The van der Waals surface area contributed by atoms with Gasteiger partial charge in [-0.1, -0.05) is 59.5 Å². The molecule has 1 N–H and O–H groups in total. The molecule has 0 saturated carbocycles. The second kappa shape index (κ2) is 10.7. The summed E-state index contributed by atoms with van der Waals surface area (Å²) in [6.07, 6.45) is 3.01. The number of rotatable bonds is 3. The van der Waals surface area contributed by atoms with Gasteiger partial charge in [0, 0.05) is 48.7 Å². The summed E-state index contributed by atoms with van der Waals surface area (Å²) in [5.74, 6) is 0.771. The Morgan fingerprint density at radius 2 is 1.67 bits per heavy atom. The van der Waals surface area contributed by atoms with Crippen molar-refractivity contribution in [2.24, 2.45) is 0 Å². The largest absolute Gasteiger partial charge is 0.512 e. The van der Waals surface area contributed by atoms with E-state index in [4.69, 9.17) is 13.9 Å². The zero-order valence-electron chi connectivity index (χ0n) is 19.6. The van der Waals surface area contributed by atoms with Gasteiger partial charge in [-0.2, -0.15) is 0 Å². The minimum atomic E-state index is -0.125. The number of fused-ring (bicyclic) bond motifs is 4. The van der Waals surface area contributed by atoms with Crippen molar-refractivity contribution in [1.29, 1.82) is 0 Å². The molecule has 1 radical (unpaired) electrons. The van der Waals surface area contributed by atoms with E-state index in [9.17, 15) is 4.79 Å². The van der Waals surface area contributed by atoms with Crippen LogP contribution in [0.2, 0.25) is 0 Å². The third-order valence-corrected chi connectivity index (χ3v) is 5.47. The van der Waals surface area contributed by atoms with Crippen molar-refractivity contribution in [3.05, 3.63) is 103 Å². The van der Waals surface area contributed by atoms with E-state index in [-0.39, 0.29) is 31.6 Å². The summed E-state index contributed by atoms with van der Waals surface area (Å²) in [5.41, 5.74) is 5.13. The van der Waals surface area contributed by atoms with Crippen LogP contribution < -0.4 is 0 Å². The predicted molar refractivity (Wildman–Crippen MR) is 138 cm³/mol. The molecule has 5 nitrogen and oxygen atoms in total. The van der Waals surface area contributed by atoms with Crippen molar-refractivity contribution in [2.45, 2.75) is 13.8 Å². The maximum atomic E-state index is 10.0. The summed E-state index contributed by atoms with van der Waals surface area (Å²) < 4.78 is 12.2. The van der Waals surface area contributed by atoms with E-state index in [1.54, 1.807) is 0 Å². The standard InChI is InChI=1S/C25H14NO2.C5H8O2.Ir/c1-2-7-16(8-3-1)23-13-17-15-26-21(14-24(17)27-23)20-11-6-10-19-18-9-4-5-12-22(18)28-25(19)20;1-4(6)3-5(2)7;/h1-10,12-15H;3,6H,1-2H3;/q-1;;/b;4-3-;. The van der Waals surface area contributed by atoms with Crippen LogP contribution in [0.3, 0.4) is 0 Å². The average molecular weight is 653 g/mol. The summed E-state index contributed by atoms with van der Waals surface area (Å²) >= 11 is 0. The maximum Gasteiger partial charge on any atom is 0.155 e. The zero-order chi connectivity index (χ0) is 24.4. The van der Waals surface area contributed by atoms with Gasteiger partial charge in [0.05, 0.1) is 11.3 Å². The number of aliphatic hydroxyl groups excluding tert-OH is 1. The Labute approximate surface area is 221 Å². The zero-order valence-corrected chi connectivity index (χ0v) is 22.0. The number of furan rings is 2. The van der Waals surface area contributed by atoms with Gasteiger partial charge in [0.25, 0.3) is 0 Å². The van der Waals surface area contributed by atoms with Crippen LogP contribution in [0.5, 0.6) is 0 Å². The number of aromatic nitrogens is 1. The Kier molecular flexibility index (Phi) is 7.49. The Morgan fingerprint density at radius 1 is 0.917 bits per heavy atom. The second-order valence-electron chi connectivity index (χ2n) is 8.17. The molecule has 0 spiro atoms. The van der Waals surface area contributed by atoms with Gasteiger partial charge in [-0.05, 0) is 37.7 Å². The Bertz CT molecular complexity index is 1690. The SMILES string of the molecule is CC(=O)/C=C(/C)O.[Ir].[c-]1ccc2c(oc3ccccc32)c1-c1cc2oc(-c3ccccc3)cc2cn1. The molecule has 3 aromatic heterocycles. The van der Waals surface area contributed by atoms with E-state index in [1.807, 2.05) is 79.0 Å². The van der Waals surface area contributed by atoms with Crippen LogP contribution >= 0.6 is 0 Å². The summed E-state index contributed by atoms with van der Waals surface area (Å²) in [5, 5.41) is 11.5. The number of pyridine rings is 1. The first kappa shape index (κ1) is 25.1. The number of benzene rings is 3. The summed E-state index contributed by atoms with van der Waals surface area (Å²) in [7, 11) is 0. The fourth-order valence-electron chi connectivity index (χ4n) is 3.99. The monoisotopic (exact) mass is 653 g/mol. The number of allylic oxidation sites excluding steroid dienone is 2. The smallest absolute Gasteiger partial charge is 0.155 e. The van der Waals surface area contributed by atoms with Crippen molar-refractivity contribution < 1.29 is 38.8 Å². The maximum absolute atomic E-state index is 10.0. The molecule has 0 fully saturated rings. The average Bonchev–Trinajstić information content (AvgIpc) is 3.45. The van der Waals surface area contributed by atoms with Crippen LogP contribution in [0, 0.1) is 6.07 Å². The number of ketones is 1. The number of hydrogen-bond donors (Lipinski definition) is 1. The van der Waals surface area contributed by atoms with Gasteiger partial charge in [0.1, 0.15) is 16.9 Å². The molecule has 0 unspecified atom stereocenters. The first-order valence-corrected chi connectivity index (χ1v) is 11.1. The fourth-order valence-corrected chi connectivity index (χ4v) is 3.99. The molecule has 6 rings (SSSR count). The number of hydrogen-bond acceptors (Lipinski definition) is 5. The van der Waals surface area contributed by atoms with Crippen molar-refractivity contribution >= 4 is 38.7 Å². The van der Waals surface area contributed by atoms with Crippen molar-refractivity contribution in [1.82, 2.24) is 4.98 Å². The first-order chi connectivity index (χ1) is 17.0. The van der Waals surface area contributed by atoms with Crippen LogP contribution in [-0.4, -0.2) is 15.9 Å². The van der Waals surface area contributed by atoms with Gasteiger partial charge in [-0.3, -0.25) is 4.79 Å². The fraction of sp³-hybridized carbons (Fsp3) is 0.0667. The molecule has 3 heterocycles. The number of aliphatic hydroxyl groups is 1. The van der Waals surface area contributed by atoms with E-state index in [0.717, 1.165) is 55.5 Å². The molecule has 0 bridgehead atoms. The molecule has 181 valence electrons. The van der Waals surface area contributed by atoms with Crippen LogP contribution in [0.15, 0.2) is 106 Å². The summed E-state index contributed by atoms with van der Waals surface area (Å²) in [4.78, 5) is 14.7. The molecule has 3 aromatic carbocycles. The van der Waals surface area contributed by atoms with Crippen molar-refractivity contribution in [3.8, 4) is 22.6 Å². The molecule has 6 heteroatoms. The number of carbonyl (C=O) groups excluding carboxylic acids is 1. The van der Waals surface area contributed by atoms with Crippen LogP contribution in [0.4, 0.5) is 0 Å². The van der Waals surface area contributed by atoms with E-state index < -0.39 is 0 Å². The van der Waals surface area contributed by atoms with Gasteiger partial charge >= 0.3 is 0 Å². The summed E-state index contributed by atoms with van der Waals surface area (Å²) in [6.45, 7) is 2.85.